The number of hydrogen-bond donors (Lipinski definition) is 1. The van der Waals surface area contributed by atoms with Gasteiger partial charge >= 0.3 is 0 Å². The summed E-state index contributed by atoms with van der Waals surface area (Å²) in [5.74, 6) is 0.274. The van der Waals surface area contributed by atoms with Crippen LogP contribution < -0.4 is 4.90 Å². The van der Waals surface area contributed by atoms with Crippen LogP contribution in [-0.4, -0.2) is 12.5 Å². The molecule has 1 heterocycles. The van der Waals surface area contributed by atoms with E-state index in [2.05, 4.69) is 7.05 Å². The fourth-order valence-corrected chi connectivity index (χ4v) is 0.940. The van der Waals surface area contributed by atoms with E-state index in [1.807, 2.05) is 0 Å². The van der Waals surface area contributed by atoms with E-state index >= 15 is 0 Å². The van der Waals surface area contributed by atoms with Crippen molar-refractivity contribution < 1.29 is 9.69 Å². The highest BCUT2D eigenvalue weighted by molar-refractivity contribution is 5.67. The van der Waals surface area contributed by atoms with Crippen LogP contribution in [0.3, 0.4) is 0 Å². The lowest BCUT2D eigenvalue weighted by molar-refractivity contribution is -0.775. The van der Waals surface area contributed by atoms with E-state index in [4.69, 9.17) is 0 Å². The van der Waals surface area contributed by atoms with Crippen molar-refractivity contribution in [2.75, 3.05) is 6.54 Å². The standard InChI is InChI=1S/C6H11NO/c1-7-5-3-2-4-6(7)8/h7H,1-5H2. The predicted octanol–water partition coefficient (Wildman–Crippen LogP) is -0.627. The predicted molar refractivity (Wildman–Crippen MR) is 30.0 cm³/mol. The van der Waals surface area contributed by atoms with Crippen molar-refractivity contribution >= 4 is 5.91 Å². The number of piperidine rings is 1. The van der Waals surface area contributed by atoms with Crippen molar-refractivity contribution in [3.63, 3.8) is 0 Å². The molecule has 1 saturated heterocycles. The van der Waals surface area contributed by atoms with Crippen LogP contribution in [-0.2, 0) is 4.79 Å². The highest BCUT2D eigenvalue weighted by Gasteiger charge is 2.13. The third-order valence-corrected chi connectivity index (χ3v) is 1.53. The number of nitrogens with one attached hydrogen (secondary N) is 1. The van der Waals surface area contributed by atoms with Crippen LogP contribution in [0.2, 0.25) is 0 Å². The van der Waals surface area contributed by atoms with Gasteiger partial charge in [-0.05, 0) is 12.8 Å². The second-order valence-corrected chi connectivity index (χ2v) is 2.23. The largest absolute Gasteiger partial charge is 0.404 e. The Kier molecular flexibility index (Phi) is 1.63. The Morgan fingerprint density at radius 3 is 2.62 bits per heavy atom. The molecule has 1 atom stereocenters. The van der Waals surface area contributed by atoms with Crippen LogP contribution in [0.4, 0.5) is 0 Å². The minimum atomic E-state index is 0.274. The number of likely N-dealkylation sites (tertiary alicyclic amines) is 1. The average Bonchev–Trinajstić information content (AvgIpc) is 1.77. The first-order valence-electron chi connectivity index (χ1n) is 3.01. The molecule has 1 rings (SSSR count). The molecular formula is C6H11NO. The van der Waals surface area contributed by atoms with E-state index in [9.17, 15) is 4.79 Å². The Balaban J connectivity index is 2.39. The first-order valence-corrected chi connectivity index (χ1v) is 3.01. The summed E-state index contributed by atoms with van der Waals surface area (Å²) in [7, 11) is 3.65. The number of amides is 1. The normalized spacial score (nSPS) is 30.6. The molecule has 1 aliphatic rings. The van der Waals surface area contributed by atoms with Gasteiger partial charge in [0.05, 0.1) is 13.0 Å². The second-order valence-electron chi connectivity index (χ2n) is 2.23. The molecule has 0 aromatic rings. The lowest BCUT2D eigenvalue weighted by Crippen LogP contribution is -3.10. The summed E-state index contributed by atoms with van der Waals surface area (Å²) in [6.45, 7) is 0.929. The van der Waals surface area contributed by atoms with Crippen LogP contribution >= 0.6 is 0 Å². The highest BCUT2D eigenvalue weighted by Crippen LogP contribution is 1.94. The quantitative estimate of drug-likeness (QED) is 0.415. The summed E-state index contributed by atoms with van der Waals surface area (Å²) >= 11 is 0. The van der Waals surface area contributed by atoms with E-state index in [1.165, 1.54) is 0 Å². The van der Waals surface area contributed by atoms with E-state index in [0.717, 1.165) is 30.7 Å². The molecule has 0 spiro atoms. The number of hydrogen-bond acceptors (Lipinski definition) is 1. The third-order valence-electron chi connectivity index (χ3n) is 1.53. The van der Waals surface area contributed by atoms with Crippen LogP contribution in [0, 0.1) is 7.05 Å². The lowest BCUT2D eigenvalue weighted by atomic mass is 10.1. The maximum atomic E-state index is 10.7. The summed E-state index contributed by atoms with van der Waals surface area (Å²) in [6, 6.07) is 0. The first kappa shape index (κ1) is 5.76. The second kappa shape index (κ2) is 2.27. The highest BCUT2D eigenvalue weighted by atomic mass is 16.2. The number of quaternary nitrogens is 1. The van der Waals surface area contributed by atoms with Crippen LogP contribution in [0.5, 0.6) is 0 Å². The number of carbonyl (C=O) groups is 1. The van der Waals surface area contributed by atoms with Gasteiger partial charge in [0.1, 0.15) is 0 Å². The fraction of sp³-hybridized carbons (Fsp3) is 0.667. The van der Waals surface area contributed by atoms with E-state index in [1.54, 1.807) is 0 Å². The van der Waals surface area contributed by atoms with Crippen molar-refractivity contribution in [1.82, 2.24) is 0 Å². The molecule has 0 aliphatic carbocycles. The molecule has 0 saturated carbocycles. The molecule has 0 bridgehead atoms. The molecule has 2 heteroatoms. The summed E-state index contributed by atoms with van der Waals surface area (Å²) in [6.07, 6.45) is 2.96. The number of rotatable bonds is 0. The Labute approximate surface area is 49.5 Å². The van der Waals surface area contributed by atoms with Gasteiger partial charge in [-0.2, -0.15) is 0 Å². The summed E-state index contributed by atoms with van der Waals surface area (Å²) in [5.41, 5.74) is 0. The van der Waals surface area contributed by atoms with Gasteiger partial charge in [0.15, 0.2) is 0 Å². The number of carbonyl (C=O) groups excluding carboxylic acids is 1. The van der Waals surface area contributed by atoms with E-state index in [-0.39, 0.29) is 5.91 Å². The van der Waals surface area contributed by atoms with Crippen molar-refractivity contribution in [3.05, 3.63) is 7.05 Å². The van der Waals surface area contributed by atoms with Crippen LogP contribution in [0.1, 0.15) is 19.3 Å². The van der Waals surface area contributed by atoms with Crippen LogP contribution in [0.15, 0.2) is 0 Å². The Hall–Kier alpha value is -0.370. The zero-order chi connectivity index (χ0) is 5.98. The molecule has 1 N–H and O–H groups in total. The van der Waals surface area contributed by atoms with Gasteiger partial charge in [0.2, 0.25) is 0 Å². The third kappa shape index (κ3) is 1.07. The van der Waals surface area contributed by atoms with Gasteiger partial charge in [-0.15, -0.1) is 7.05 Å². The molecule has 46 valence electrons. The first-order chi connectivity index (χ1) is 3.80. The SMILES string of the molecule is [CH2-][NH+]1CCCCC1=O. The summed E-state index contributed by atoms with van der Waals surface area (Å²) in [5, 5.41) is 0. The maximum Gasteiger partial charge on any atom is 0.286 e. The minimum absolute atomic E-state index is 0.274. The Morgan fingerprint density at radius 2 is 2.25 bits per heavy atom. The molecule has 1 fully saturated rings. The average molecular weight is 113 g/mol. The van der Waals surface area contributed by atoms with Gasteiger partial charge in [0.25, 0.3) is 5.91 Å². The van der Waals surface area contributed by atoms with Gasteiger partial charge in [-0.1, -0.05) is 0 Å². The van der Waals surface area contributed by atoms with Crippen LogP contribution in [0.25, 0.3) is 0 Å². The molecule has 8 heavy (non-hydrogen) atoms. The van der Waals surface area contributed by atoms with Crippen molar-refractivity contribution in [1.29, 1.82) is 0 Å². The minimum Gasteiger partial charge on any atom is -0.404 e. The lowest BCUT2D eigenvalue weighted by Gasteiger charge is -2.21. The van der Waals surface area contributed by atoms with Gasteiger partial charge in [-0.25, -0.2) is 4.79 Å². The molecule has 0 aromatic carbocycles. The van der Waals surface area contributed by atoms with Crippen molar-refractivity contribution in [2.24, 2.45) is 0 Å². The van der Waals surface area contributed by atoms with Crippen molar-refractivity contribution in [3.8, 4) is 0 Å². The molecule has 2 nitrogen and oxygen atoms in total. The molecule has 1 amide bonds. The van der Waals surface area contributed by atoms with E-state index in [0.29, 0.717) is 0 Å². The molecule has 1 aliphatic heterocycles. The zero-order valence-corrected chi connectivity index (χ0v) is 4.94. The molecule has 0 aromatic heterocycles. The van der Waals surface area contributed by atoms with E-state index < -0.39 is 0 Å². The topological polar surface area (TPSA) is 21.5 Å². The fourth-order valence-electron chi connectivity index (χ4n) is 0.940. The van der Waals surface area contributed by atoms with Gasteiger partial charge in [-0.3, -0.25) is 0 Å². The van der Waals surface area contributed by atoms with Crippen molar-refractivity contribution in [2.45, 2.75) is 19.3 Å². The Morgan fingerprint density at radius 1 is 1.50 bits per heavy atom. The monoisotopic (exact) mass is 113 g/mol. The molecule has 0 radical (unpaired) electrons. The molecular weight excluding hydrogens is 102 g/mol. The zero-order valence-electron chi connectivity index (χ0n) is 4.94. The Bertz CT molecular complexity index is 101. The smallest absolute Gasteiger partial charge is 0.286 e. The van der Waals surface area contributed by atoms with Gasteiger partial charge < -0.3 is 4.90 Å². The molecule has 1 unspecified atom stereocenters. The summed E-state index contributed by atoms with van der Waals surface area (Å²) in [4.78, 5) is 11.5. The summed E-state index contributed by atoms with van der Waals surface area (Å²) < 4.78 is 0. The maximum absolute atomic E-state index is 10.7. The van der Waals surface area contributed by atoms with Gasteiger partial charge in [0, 0.05) is 0 Å².